The molecule has 0 bridgehead atoms. The molecule has 3 rings (SSSR count). The molecule has 0 aliphatic carbocycles. The number of carbonyl (C=O) groups excluding carboxylic acids is 1. The molecule has 2 aromatic rings. The number of para-hydroxylation sites is 1. The van der Waals surface area contributed by atoms with Gasteiger partial charge in [0.25, 0.3) is 0 Å². The predicted octanol–water partition coefficient (Wildman–Crippen LogP) is 1.93. The molecule has 0 radical (unpaired) electrons. The van der Waals surface area contributed by atoms with E-state index in [4.69, 9.17) is 0 Å². The molecule has 30 heavy (non-hydrogen) atoms. The van der Waals surface area contributed by atoms with E-state index in [2.05, 4.69) is 15.4 Å². The van der Waals surface area contributed by atoms with Gasteiger partial charge in [0.15, 0.2) is 5.96 Å². The van der Waals surface area contributed by atoms with E-state index in [1.807, 2.05) is 36.2 Å². The van der Waals surface area contributed by atoms with Crippen molar-refractivity contribution in [2.24, 2.45) is 12.0 Å². The largest absolute Gasteiger partial charge is 0.372 e. The number of guanidine groups is 1. The minimum absolute atomic E-state index is 0. The van der Waals surface area contributed by atoms with Crippen LogP contribution in [0.15, 0.2) is 41.7 Å². The Morgan fingerprint density at radius 3 is 2.73 bits per heavy atom. The number of rotatable bonds is 6. The number of anilines is 2. The summed E-state index contributed by atoms with van der Waals surface area (Å²) in [6.45, 7) is 2.93. The van der Waals surface area contributed by atoms with Crippen LogP contribution in [0.2, 0.25) is 0 Å². The van der Waals surface area contributed by atoms with Gasteiger partial charge in [-0.05, 0) is 18.6 Å². The normalized spacial score (nSPS) is 14.5. The van der Waals surface area contributed by atoms with E-state index in [0.29, 0.717) is 37.8 Å². The topological polar surface area (TPSA) is 69.0 Å². The number of halogens is 2. The van der Waals surface area contributed by atoms with Gasteiger partial charge in [0.05, 0.1) is 17.6 Å². The van der Waals surface area contributed by atoms with Crippen LogP contribution in [-0.2, 0) is 11.8 Å². The third kappa shape index (κ3) is 5.83. The quantitative estimate of drug-likeness (QED) is 0.268. The number of nitrogens with one attached hydrogen (secondary N) is 1. The van der Waals surface area contributed by atoms with Gasteiger partial charge in [0.2, 0.25) is 5.91 Å². The molecule has 1 aromatic carbocycles. The third-order valence-electron chi connectivity index (χ3n) is 4.95. The van der Waals surface area contributed by atoms with E-state index >= 15 is 0 Å². The molecule has 1 saturated heterocycles. The molecule has 1 aromatic heterocycles. The lowest BCUT2D eigenvalue weighted by Gasteiger charge is -2.35. The third-order valence-corrected chi connectivity index (χ3v) is 4.95. The highest BCUT2D eigenvalue weighted by atomic mass is 127. The second-order valence-electron chi connectivity index (χ2n) is 7.04. The van der Waals surface area contributed by atoms with E-state index in [-0.39, 0.29) is 42.2 Å². The highest BCUT2D eigenvalue weighted by Gasteiger charge is 2.27. The summed E-state index contributed by atoms with van der Waals surface area (Å²) < 4.78 is 15.5. The van der Waals surface area contributed by atoms with E-state index in [9.17, 15) is 9.18 Å². The van der Waals surface area contributed by atoms with Crippen LogP contribution in [0.4, 0.5) is 15.8 Å². The average molecular weight is 529 g/mol. The average Bonchev–Trinajstić information content (AvgIpc) is 3.14. The monoisotopic (exact) mass is 529 g/mol. The lowest BCUT2D eigenvalue weighted by atomic mass is 10.2. The Labute approximate surface area is 193 Å². The summed E-state index contributed by atoms with van der Waals surface area (Å²) in [7, 11) is 5.43. The van der Waals surface area contributed by atoms with Crippen LogP contribution < -0.4 is 15.1 Å². The standard InChI is InChI=1S/C20H28FN7O.HI/c1-22-20(23-9-6-10-25(2)18-8-5-4-7-17(18)21)27-11-12-28(19(29)15-27)16-13-24-26(3)14-16;/h4-5,7-8,13-14H,6,9-12,15H2,1-3H3,(H,22,23);1H. The first-order chi connectivity index (χ1) is 14.0. The molecule has 1 fully saturated rings. The maximum Gasteiger partial charge on any atom is 0.246 e. The highest BCUT2D eigenvalue weighted by molar-refractivity contribution is 14.0. The zero-order chi connectivity index (χ0) is 20.8. The minimum atomic E-state index is -0.219. The first kappa shape index (κ1) is 23.9. The molecule has 0 saturated carbocycles. The SMILES string of the molecule is CN=C(NCCCN(C)c1ccccc1F)N1CCN(c2cnn(C)c2)C(=O)C1.I. The molecule has 10 heteroatoms. The summed E-state index contributed by atoms with van der Waals surface area (Å²) in [6.07, 6.45) is 4.35. The van der Waals surface area contributed by atoms with Crippen molar-refractivity contribution in [3.63, 3.8) is 0 Å². The van der Waals surface area contributed by atoms with Crippen LogP contribution in [0.3, 0.4) is 0 Å². The van der Waals surface area contributed by atoms with Crippen LogP contribution in [0.1, 0.15) is 6.42 Å². The maximum absolute atomic E-state index is 13.8. The van der Waals surface area contributed by atoms with Crippen LogP contribution in [0, 0.1) is 5.82 Å². The fourth-order valence-electron chi connectivity index (χ4n) is 3.41. The molecule has 164 valence electrons. The summed E-state index contributed by atoms with van der Waals surface area (Å²) in [6, 6.07) is 6.76. The smallest absolute Gasteiger partial charge is 0.246 e. The van der Waals surface area contributed by atoms with Gasteiger partial charge >= 0.3 is 0 Å². The molecule has 1 N–H and O–H groups in total. The lowest BCUT2D eigenvalue weighted by Crippen LogP contribution is -2.55. The number of aryl methyl sites for hydroxylation is 1. The van der Waals surface area contributed by atoms with Gasteiger partial charge < -0.3 is 20.0 Å². The number of piperazine rings is 1. The number of amides is 1. The first-order valence-corrected chi connectivity index (χ1v) is 9.70. The van der Waals surface area contributed by atoms with Gasteiger partial charge in [-0.25, -0.2) is 4.39 Å². The van der Waals surface area contributed by atoms with Crippen molar-refractivity contribution in [1.29, 1.82) is 0 Å². The van der Waals surface area contributed by atoms with Crippen molar-refractivity contribution >= 4 is 47.2 Å². The summed E-state index contributed by atoms with van der Waals surface area (Å²) in [5, 5.41) is 7.44. The Balaban J connectivity index is 0.00000320. The molecule has 1 amide bonds. The number of benzene rings is 1. The maximum atomic E-state index is 13.8. The molecule has 1 aliphatic heterocycles. The molecule has 2 heterocycles. The zero-order valence-corrected chi connectivity index (χ0v) is 19.9. The van der Waals surface area contributed by atoms with Crippen molar-refractivity contribution in [1.82, 2.24) is 20.0 Å². The molecule has 8 nitrogen and oxygen atoms in total. The molecule has 0 spiro atoms. The van der Waals surface area contributed by atoms with Crippen LogP contribution in [0.5, 0.6) is 0 Å². The summed E-state index contributed by atoms with van der Waals surface area (Å²) in [4.78, 5) is 22.5. The number of aliphatic imine (C=N–C) groups is 1. The van der Waals surface area contributed by atoms with Crippen molar-refractivity contribution in [2.75, 3.05) is 56.6 Å². The highest BCUT2D eigenvalue weighted by Crippen LogP contribution is 2.17. The van der Waals surface area contributed by atoms with Gasteiger partial charge in [0.1, 0.15) is 12.4 Å². The first-order valence-electron chi connectivity index (χ1n) is 9.70. The Hall–Kier alpha value is -2.37. The van der Waals surface area contributed by atoms with Gasteiger partial charge in [-0.3, -0.25) is 14.5 Å². The molecule has 0 unspecified atom stereocenters. The molecular weight excluding hydrogens is 500 g/mol. The number of nitrogens with zero attached hydrogens (tertiary/aromatic N) is 6. The predicted molar refractivity (Wildman–Crippen MR) is 128 cm³/mol. The van der Waals surface area contributed by atoms with Gasteiger partial charge in [-0.15, -0.1) is 24.0 Å². The second-order valence-corrected chi connectivity index (χ2v) is 7.04. The minimum Gasteiger partial charge on any atom is -0.372 e. The fourth-order valence-corrected chi connectivity index (χ4v) is 3.41. The summed E-state index contributed by atoms with van der Waals surface area (Å²) >= 11 is 0. The van der Waals surface area contributed by atoms with Crippen LogP contribution >= 0.6 is 24.0 Å². The van der Waals surface area contributed by atoms with Gasteiger partial charge in [-0.1, -0.05) is 12.1 Å². The van der Waals surface area contributed by atoms with E-state index in [0.717, 1.165) is 12.1 Å². The van der Waals surface area contributed by atoms with Crippen LogP contribution in [0.25, 0.3) is 0 Å². The number of hydrogen-bond acceptors (Lipinski definition) is 4. The van der Waals surface area contributed by atoms with E-state index in [1.165, 1.54) is 6.07 Å². The Morgan fingerprint density at radius 2 is 2.10 bits per heavy atom. The Bertz CT molecular complexity index is 872. The zero-order valence-electron chi connectivity index (χ0n) is 17.6. The molecule has 0 atom stereocenters. The van der Waals surface area contributed by atoms with E-state index < -0.39 is 0 Å². The van der Waals surface area contributed by atoms with Crippen LogP contribution in [-0.4, -0.2) is 73.4 Å². The summed E-state index contributed by atoms with van der Waals surface area (Å²) in [5.41, 5.74) is 1.41. The number of carbonyl (C=O) groups is 1. The molecular formula is C20H29FIN7O. The van der Waals surface area contributed by atoms with Crippen molar-refractivity contribution in [3.05, 3.63) is 42.5 Å². The van der Waals surface area contributed by atoms with E-state index in [1.54, 1.807) is 35.0 Å². The summed E-state index contributed by atoms with van der Waals surface area (Å²) in [5.74, 6) is 0.507. The van der Waals surface area contributed by atoms with Gasteiger partial charge in [0, 0.05) is 53.5 Å². The van der Waals surface area contributed by atoms with Crippen molar-refractivity contribution in [2.45, 2.75) is 6.42 Å². The molecule has 1 aliphatic rings. The lowest BCUT2D eigenvalue weighted by molar-refractivity contribution is -0.120. The van der Waals surface area contributed by atoms with Crippen molar-refractivity contribution < 1.29 is 9.18 Å². The Kier molecular flexibility index (Phi) is 8.88. The fraction of sp³-hybridized carbons (Fsp3) is 0.450. The Morgan fingerprint density at radius 1 is 1.33 bits per heavy atom. The number of hydrogen-bond donors (Lipinski definition) is 1. The van der Waals surface area contributed by atoms with Crippen molar-refractivity contribution in [3.8, 4) is 0 Å². The number of aromatic nitrogens is 2. The second kappa shape index (κ2) is 11.1. The van der Waals surface area contributed by atoms with Gasteiger partial charge in [-0.2, -0.15) is 5.10 Å².